The zero-order valence-corrected chi connectivity index (χ0v) is 9.55. The van der Waals surface area contributed by atoms with Gasteiger partial charge in [-0.25, -0.2) is 0 Å². The first-order chi connectivity index (χ1) is 6.47. The predicted molar refractivity (Wildman–Crippen MR) is 56.5 cm³/mol. The fraction of sp³-hybridized carbons (Fsp3) is 0.818. The predicted octanol–water partition coefficient (Wildman–Crippen LogP) is 2.23. The third kappa shape index (κ3) is 3.78. The van der Waals surface area contributed by atoms with E-state index < -0.39 is 0 Å². The number of amides is 1. The van der Waals surface area contributed by atoms with E-state index in [9.17, 15) is 4.79 Å². The molecular formula is C11H20N2O. The highest BCUT2D eigenvalue weighted by molar-refractivity contribution is 5.82. The Balaban J connectivity index is 4.24. The van der Waals surface area contributed by atoms with Crippen LogP contribution in [-0.2, 0) is 4.79 Å². The number of hydrogen-bond acceptors (Lipinski definition) is 2. The Labute approximate surface area is 86.5 Å². The lowest BCUT2D eigenvalue weighted by Gasteiger charge is -2.23. The summed E-state index contributed by atoms with van der Waals surface area (Å²) in [5, 5.41) is 11.5. The third-order valence-corrected chi connectivity index (χ3v) is 2.54. The minimum Gasteiger partial charge on any atom is -0.340 e. The van der Waals surface area contributed by atoms with Crippen molar-refractivity contribution >= 4 is 5.91 Å². The fourth-order valence-electron chi connectivity index (χ4n) is 0.972. The molecule has 3 heteroatoms. The molecule has 0 aromatic carbocycles. The summed E-state index contributed by atoms with van der Waals surface area (Å²) in [6.07, 6.45) is 2.41. The van der Waals surface area contributed by atoms with Gasteiger partial charge in [-0.15, -0.1) is 0 Å². The van der Waals surface area contributed by atoms with E-state index in [1.54, 1.807) is 0 Å². The molecule has 3 nitrogen and oxygen atoms in total. The van der Waals surface area contributed by atoms with E-state index in [4.69, 9.17) is 5.26 Å². The van der Waals surface area contributed by atoms with Gasteiger partial charge in [-0.05, 0) is 12.8 Å². The van der Waals surface area contributed by atoms with Crippen LogP contribution in [0, 0.1) is 16.7 Å². The van der Waals surface area contributed by atoms with Crippen LogP contribution >= 0.6 is 0 Å². The number of hydrogen-bond donors (Lipinski definition) is 1. The molecule has 0 aliphatic heterocycles. The lowest BCUT2D eigenvalue weighted by molar-refractivity contribution is -0.129. The summed E-state index contributed by atoms with van der Waals surface area (Å²) < 4.78 is 0. The van der Waals surface area contributed by atoms with Gasteiger partial charge >= 0.3 is 0 Å². The highest BCUT2D eigenvalue weighted by Gasteiger charge is 2.26. The first-order valence-electron chi connectivity index (χ1n) is 5.18. The highest BCUT2D eigenvalue weighted by Crippen LogP contribution is 2.19. The summed E-state index contributed by atoms with van der Waals surface area (Å²) in [6.45, 7) is 7.76. The standard InChI is InChI=1S/C11H20N2O/c1-5-7-9(8-12)13-10(14)11(3,4)6-2/h9H,5-7H2,1-4H3,(H,13,14). The van der Waals surface area contributed by atoms with E-state index in [-0.39, 0.29) is 17.4 Å². The van der Waals surface area contributed by atoms with Crippen molar-refractivity contribution in [1.29, 1.82) is 5.26 Å². The Morgan fingerprint density at radius 3 is 2.43 bits per heavy atom. The normalized spacial score (nSPS) is 13.1. The Hall–Kier alpha value is -1.04. The molecule has 0 rings (SSSR count). The van der Waals surface area contributed by atoms with Gasteiger partial charge in [0.05, 0.1) is 6.07 Å². The zero-order chi connectivity index (χ0) is 11.2. The van der Waals surface area contributed by atoms with Gasteiger partial charge in [0, 0.05) is 5.41 Å². The van der Waals surface area contributed by atoms with E-state index in [2.05, 4.69) is 11.4 Å². The van der Waals surface area contributed by atoms with Crippen LogP contribution in [0.5, 0.6) is 0 Å². The number of nitrogens with zero attached hydrogens (tertiary/aromatic N) is 1. The average molecular weight is 196 g/mol. The van der Waals surface area contributed by atoms with Crippen molar-refractivity contribution < 1.29 is 4.79 Å². The maximum absolute atomic E-state index is 11.7. The highest BCUT2D eigenvalue weighted by atomic mass is 16.2. The van der Waals surface area contributed by atoms with Crippen molar-refractivity contribution in [2.45, 2.75) is 53.0 Å². The molecule has 1 N–H and O–H groups in total. The second-order valence-electron chi connectivity index (χ2n) is 4.18. The van der Waals surface area contributed by atoms with E-state index in [1.165, 1.54) is 0 Å². The smallest absolute Gasteiger partial charge is 0.226 e. The minimum atomic E-state index is -0.372. The van der Waals surface area contributed by atoms with Crippen LogP contribution in [0.15, 0.2) is 0 Å². The molecule has 1 unspecified atom stereocenters. The molecule has 0 fully saturated rings. The van der Waals surface area contributed by atoms with Gasteiger partial charge in [0.2, 0.25) is 5.91 Å². The Morgan fingerprint density at radius 2 is 2.07 bits per heavy atom. The zero-order valence-electron chi connectivity index (χ0n) is 9.55. The molecule has 1 amide bonds. The topological polar surface area (TPSA) is 52.9 Å². The van der Waals surface area contributed by atoms with E-state index in [0.717, 1.165) is 19.3 Å². The summed E-state index contributed by atoms with van der Waals surface area (Å²) >= 11 is 0. The van der Waals surface area contributed by atoms with Crippen LogP contribution in [0.4, 0.5) is 0 Å². The number of rotatable bonds is 5. The molecule has 0 saturated carbocycles. The van der Waals surface area contributed by atoms with Crippen molar-refractivity contribution in [2.75, 3.05) is 0 Å². The SMILES string of the molecule is CCCC(C#N)NC(=O)C(C)(C)CC. The maximum Gasteiger partial charge on any atom is 0.226 e. The Bertz CT molecular complexity index is 228. The van der Waals surface area contributed by atoms with Gasteiger partial charge in [0.15, 0.2) is 0 Å². The lowest BCUT2D eigenvalue weighted by atomic mass is 9.89. The molecule has 80 valence electrons. The Kier molecular flexibility index (Phi) is 5.22. The summed E-state index contributed by atoms with van der Waals surface area (Å²) in [5.74, 6) is -0.0278. The van der Waals surface area contributed by atoms with Gasteiger partial charge in [-0.2, -0.15) is 5.26 Å². The van der Waals surface area contributed by atoms with Gasteiger partial charge in [0.25, 0.3) is 0 Å². The largest absolute Gasteiger partial charge is 0.340 e. The van der Waals surface area contributed by atoms with Crippen LogP contribution in [0.25, 0.3) is 0 Å². The van der Waals surface area contributed by atoms with Crippen LogP contribution in [0.2, 0.25) is 0 Å². The molecule has 0 radical (unpaired) electrons. The fourth-order valence-corrected chi connectivity index (χ4v) is 0.972. The number of carbonyl (C=O) groups excluding carboxylic acids is 1. The van der Waals surface area contributed by atoms with Crippen molar-refractivity contribution in [2.24, 2.45) is 5.41 Å². The van der Waals surface area contributed by atoms with Gasteiger partial charge in [-0.3, -0.25) is 4.79 Å². The van der Waals surface area contributed by atoms with Gasteiger partial charge < -0.3 is 5.32 Å². The van der Waals surface area contributed by atoms with Crippen LogP contribution in [0.1, 0.15) is 47.0 Å². The molecular weight excluding hydrogens is 176 g/mol. The van der Waals surface area contributed by atoms with Crippen LogP contribution in [-0.4, -0.2) is 11.9 Å². The number of nitrogens with one attached hydrogen (secondary N) is 1. The molecule has 0 aromatic heterocycles. The van der Waals surface area contributed by atoms with Crippen molar-refractivity contribution in [3.8, 4) is 6.07 Å². The molecule has 14 heavy (non-hydrogen) atoms. The molecule has 1 atom stereocenters. The Morgan fingerprint density at radius 1 is 1.50 bits per heavy atom. The molecule has 0 aromatic rings. The maximum atomic E-state index is 11.7. The van der Waals surface area contributed by atoms with Crippen molar-refractivity contribution in [3.05, 3.63) is 0 Å². The van der Waals surface area contributed by atoms with Crippen molar-refractivity contribution in [1.82, 2.24) is 5.32 Å². The van der Waals surface area contributed by atoms with Gasteiger partial charge in [0.1, 0.15) is 6.04 Å². The second kappa shape index (κ2) is 5.64. The summed E-state index contributed by atoms with van der Waals surface area (Å²) in [6, 6.07) is 1.76. The summed E-state index contributed by atoms with van der Waals surface area (Å²) in [4.78, 5) is 11.7. The second-order valence-corrected chi connectivity index (χ2v) is 4.18. The molecule has 0 bridgehead atoms. The lowest BCUT2D eigenvalue weighted by Crippen LogP contribution is -2.42. The van der Waals surface area contributed by atoms with E-state index in [1.807, 2.05) is 27.7 Å². The quantitative estimate of drug-likeness (QED) is 0.733. The summed E-state index contributed by atoms with van der Waals surface area (Å²) in [5.41, 5.74) is -0.372. The first-order valence-corrected chi connectivity index (χ1v) is 5.18. The molecule has 0 aliphatic carbocycles. The summed E-state index contributed by atoms with van der Waals surface area (Å²) in [7, 11) is 0. The minimum absolute atomic E-state index is 0.0278. The van der Waals surface area contributed by atoms with E-state index in [0.29, 0.717) is 0 Å². The molecule has 0 spiro atoms. The monoisotopic (exact) mass is 196 g/mol. The van der Waals surface area contributed by atoms with Crippen LogP contribution < -0.4 is 5.32 Å². The number of carbonyl (C=O) groups is 1. The molecule has 0 heterocycles. The van der Waals surface area contributed by atoms with Crippen molar-refractivity contribution in [3.63, 3.8) is 0 Å². The van der Waals surface area contributed by atoms with E-state index >= 15 is 0 Å². The third-order valence-electron chi connectivity index (χ3n) is 2.54. The van der Waals surface area contributed by atoms with Gasteiger partial charge in [-0.1, -0.05) is 34.1 Å². The number of nitriles is 1. The van der Waals surface area contributed by atoms with Crippen LogP contribution in [0.3, 0.4) is 0 Å². The molecule has 0 aliphatic rings. The molecule has 0 saturated heterocycles. The first kappa shape index (κ1) is 13.0. The average Bonchev–Trinajstić information content (AvgIpc) is 2.16.